The lowest BCUT2D eigenvalue weighted by Gasteiger charge is -2.41. The van der Waals surface area contributed by atoms with Crippen LogP contribution in [0.1, 0.15) is 24.2 Å². The van der Waals surface area contributed by atoms with Crippen molar-refractivity contribution in [3.63, 3.8) is 0 Å². The van der Waals surface area contributed by atoms with Crippen LogP contribution in [0.4, 0.5) is 11.6 Å². The van der Waals surface area contributed by atoms with Crippen LogP contribution in [0.15, 0.2) is 42.7 Å². The van der Waals surface area contributed by atoms with Crippen molar-refractivity contribution in [2.45, 2.75) is 19.9 Å². The van der Waals surface area contributed by atoms with E-state index >= 15 is 0 Å². The molecule has 0 amide bonds. The van der Waals surface area contributed by atoms with Gasteiger partial charge in [-0.3, -0.25) is 0 Å². The van der Waals surface area contributed by atoms with Crippen molar-refractivity contribution < 1.29 is 9.53 Å². The van der Waals surface area contributed by atoms with Crippen LogP contribution in [-0.2, 0) is 4.74 Å². The molecule has 1 aromatic carbocycles. The van der Waals surface area contributed by atoms with Crippen LogP contribution in [0, 0.1) is 0 Å². The minimum Gasteiger partial charge on any atom is -0.462 e. The van der Waals surface area contributed by atoms with Gasteiger partial charge in [-0.05, 0) is 44.2 Å². The van der Waals surface area contributed by atoms with Crippen LogP contribution in [0.25, 0.3) is 0 Å². The Morgan fingerprint density at radius 1 is 1.21 bits per heavy atom. The second kappa shape index (κ2) is 7.29. The number of piperazine rings is 1. The standard InChI is InChI=1S/C18H22N4O2/c1-3-24-17(23)15-5-7-16(8-6-15)21-11-12-22(14(2)13-21)18-19-9-4-10-20-18/h4-10,14H,3,11-13H2,1-2H3. The third-order valence-electron chi connectivity index (χ3n) is 4.18. The number of esters is 1. The third kappa shape index (κ3) is 3.48. The number of anilines is 2. The molecule has 0 radical (unpaired) electrons. The van der Waals surface area contributed by atoms with Gasteiger partial charge in [0.2, 0.25) is 5.95 Å². The van der Waals surface area contributed by atoms with Gasteiger partial charge in [-0.1, -0.05) is 0 Å². The lowest BCUT2D eigenvalue weighted by atomic mass is 10.1. The smallest absolute Gasteiger partial charge is 0.338 e. The van der Waals surface area contributed by atoms with Gasteiger partial charge in [-0.2, -0.15) is 0 Å². The van der Waals surface area contributed by atoms with E-state index in [0.717, 1.165) is 31.3 Å². The van der Waals surface area contributed by atoms with E-state index in [9.17, 15) is 4.79 Å². The van der Waals surface area contributed by atoms with Gasteiger partial charge < -0.3 is 14.5 Å². The zero-order chi connectivity index (χ0) is 16.9. The fraction of sp³-hybridized carbons (Fsp3) is 0.389. The maximum absolute atomic E-state index is 11.7. The van der Waals surface area contributed by atoms with Crippen LogP contribution < -0.4 is 9.80 Å². The molecule has 1 aliphatic heterocycles. The SMILES string of the molecule is CCOC(=O)c1ccc(N2CCN(c3ncccn3)C(C)C2)cc1. The molecule has 126 valence electrons. The number of hydrogen-bond donors (Lipinski definition) is 0. The van der Waals surface area contributed by atoms with Crippen molar-refractivity contribution in [3.05, 3.63) is 48.3 Å². The Morgan fingerprint density at radius 3 is 2.54 bits per heavy atom. The van der Waals surface area contributed by atoms with Gasteiger partial charge in [-0.15, -0.1) is 0 Å². The molecule has 1 unspecified atom stereocenters. The van der Waals surface area contributed by atoms with Crippen molar-refractivity contribution in [3.8, 4) is 0 Å². The van der Waals surface area contributed by atoms with Crippen LogP contribution in [0.3, 0.4) is 0 Å². The van der Waals surface area contributed by atoms with Crippen molar-refractivity contribution in [1.29, 1.82) is 0 Å². The van der Waals surface area contributed by atoms with Gasteiger partial charge in [0.1, 0.15) is 0 Å². The summed E-state index contributed by atoms with van der Waals surface area (Å²) in [6, 6.07) is 9.75. The van der Waals surface area contributed by atoms with E-state index in [1.165, 1.54) is 0 Å². The van der Waals surface area contributed by atoms with E-state index in [2.05, 4.69) is 26.7 Å². The Hall–Kier alpha value is -2.63. The van der Waals surface area contributed by atoms with Crippen molar-refractivity contribution >= 4 is 17.6 Å². The van der Waals surface area contributed by atoms with Crippen LogP contribution >= 0.6 is 0 Å². The summed E-state index contributed by atoms with van der Waals surface area (Å²) in [6.45, 7) is 7.02. The normalized spacial score (nSPS) is 17.7. The molecule has 1 fully saturated rings. The third-order valence-corrected chi connectivity index (χ3v) is 4.18. The second-order valence-electron chi connectivity index (χ2n) is 5.80. The quantitative estimate of drug-likeness (QED) is 0.804. The molecular formula is C18H22N4O2. The number of carbonyl (C=O) groups is 1. The zero-order valence-corrected chi connectivity index (χ0v) is 14.1. The summed E-state index contributed by atoms with van der Waals surface area (Å²) in [5, 5.41) is 0. The molecule has 1 aliphatic rings. The average Bonchev–Trinajstić information content (AvgIpc) is 2.63. The fourth-order valence-electron chi connectivity index (χ4n) is 2.95. The highest BCUT2D eigenvalue weighted by atomic mass is 16.5. The van der Waals surface area contributed by atoms with Crippen molar-refractivity contribution in [2.24, 2.45) is 0 Å². The molecule has 2 heterocycles. The predicted octanol–water partition coefficient (Wildman–Crippen LogP) is 2.37. The van der Waals surface area contributed by atoms with Crippen LogP contribution in [0.5, 0.6) is 0 Å². The molecule has 0 spiro atoms. The van der Waals surface area contributed by atoms with E-state index in [1.807, 2.05) is 37.3 Å². The Morgan fingerprint density at radius 2 is 1.92 bits per heavy atom. The van der Waals surface area contributed by atoms with E-state index in [-0.39, 0.29) is 5.97 Å². The molecule has 0 N–H and O–H groups in total. The number of nitrogens with zero attached hydrogens (tertiary/aromatic N) is 4. The van der Waals surface area contributed by atoms with Crippen LogP contribution in [-0.4, -0.2) is 48.2 Å². The average molecular weight is 326 g/mol. The van der Waals surface area contributed by atoms with Gasteiger partial charge in [0, 0.05) is 43.8 Å². The topological polar surface area (TPSA) is 58.6 Å². The van der Waals surface area contributed by atoms with Gasteiger partial charge in [-0.25, -0.2) is 14.8 Å². The van der Waals surface area contributed by atoms with Crippen LogP contribution in [0.2, 0.25) is 0 Å². The molecule has 24 heavy (non-hydrogen) atoms. The summed E-state index contributed by atoms with van der Waals surface area (Å²) in [6.07, 6.45) is 3.55. The minimum atomic E-state index is -0.275. The summed E-state index contributed by atoms with van der Waals surface area (Å²) in [7, 11) is 0. The fourth-order valence-corrected chi connectivity index (χ4v) is 2.95. The second-order valence-corrected chi connectivity index (χ2v) is 5.80. The Labute approximate surface area is 142 Å². The summed E-state index contributed by atoms with van der Waals surface area (Å²) in [5.41, 5.74) is 1.70. The molecule has 1 saturated heterocycles. The number of benzene rings is 1. The largest absolute Gasteiger partial charge is 0.462 e. The highest BCUT2D eigenvalue weighted by Gasteiger charge is 2.25. The molecule has 2 aromatic rings. The Balaban J connectivity index is 1.66. The zero-order valence-electron chi connectivity index (χ0n) is 14.1. The first-order valence-corrected chi connectivity index (χ1v) is 8.25. The number of carbonyl (C=O) groups excluding carboxylic acids is 1. The maximum Gasteiger partial charge on any atom is 0.338 e. The van der Waals surface area contributed by atoms with Gasteiger partial charge in [0.05, 0.1) is 12.2 Å². The summed E-state index contributed by atoms with van der Waals surface area (Å²) in [5.74, 6) is 0.505. The van der Waals surface area contributed by atoms with E-state index < -0.39 is 0 Å². The van der Waals surface area contributed by atoms with Gasteiger partial charge in [0.25, 0.3) is 0 Å². The van der Waals surface area contributed by atoms with Crippen molar-refractivity contribution in [1.82, 2.24) is 9.97 Å². The predicted molar refractivity (Wildman–Crippen MR) is 93.5 cm³/mol. The highest BCUT2D eigenvalue weighted by Crippen LogP contribution is 2.22. The first-order chi connectivity index (χ1) is 11.7. The van der Waals surface area contributed by atoms with Crippen molar-refractivity contribution in [2.75, 3.05) is 36.0 Å². The summed E-state index contributed by atoms with van der Waals surface area (Å²) in [4.78, 5) is 25.0. The molecule has 0 saturated carbocycles. The molecular weight excluding hydrogens is 304 g/mol. The molecule has 0 bridgehead atoms. The minimum absolute atomic E-state index is 0.275. The number of rotatable bonds is 4. The van der Waals surface area contributed by atoms with E-state index in [4.69, 9.17) is 4.74 Å². The van der Waals surface area contributed by atoms with Gasteiger partial charge >= 0.3 is 5.97 Å². The van der Waals surface area contributed by atoms with E-state index in [0.29, 0.717) is 18.2 Å². The maximum atomic E-state index is 11.7. The molecule has 3 rings (SSSR count). The molecule has 6 nitrogen and oxygen atoms in total. The lowest BCUT2D eigenvalue weighted by Crippen LogP contribution is -2.52. The molecule has 6 heteroatoms. The number of hydrogen-bond acceptors (Lipinski definition) is 6. The number of ether oxygens (including phenoxy) is 1. The molecule has 0 aliphatic carbocycles. The molecule has 1 atom stereocenters. The van der Waals surface area contributed by atoms with E-state index in [1.54, 1.807) is 12.4 Å². The lowest BCUT2D eigenvalue weighted by molar-refractivity contribution is 0.0526. The Kier molecular flexibility index (Phi) is 4.93. The highest BCUT2D eigenvalue weighted by molar-refractivity contribution is 5.89. The summed E-state index contributed by atoms with van der Waals surface area (Å²) >= 11 is 0. The number of aromatic nitrogens is 2. The molecule has 1 aromatic heterocycles. The summed E-state index contributed by atoms with van der Waals surface area (Å²) < 4.78 is 5.02. The first kappa shape index (κ1) is 16.2. The first-order valence-electron chi connectivity index (χ1n) is 8.25. The van der Waals surface area contributed by atoms with Gasteiger partial charge in [0.15, 0.2) is 0 Å². The Bertz CT molecular complexity index is 675. The monoisotopic (exact) mass is 326 g/mol.